The van der Waals surface area contributed by atoms with E-state index in [-0.39, 0.29) is 5.91 Å². The van der Waals surface area contributed by atoms with Gasteiger partial charge in [0.25, 0.3) is 11.5 Å². The fourth-order valence-corrected chi connectivity index (χ4v) is 3.53. The number of nitrogens with one attached hydrogen (secondary N) is 2. The van der Waals surface area contributed by atoms with E-state index in [1.54, 1.807) is 24.3 Å². The first kappa shape index (κ1) is 20.8. The normalized spacial score (nSPS) is 21.5. The van der Waals surface area contributed by atoms with E-state index in [1.165, 1.54) is 16.8 Å². The molecule has 29 heavy (non-hydrogen) atoms. The predicted octanol–water partition coefficient (Wildman–Crippen LogP) is 0.149. The first-order valence-corrected chi connectivity index (χ1v) is 9.73. The van der Waals surface area contributed by atoms with Crippen molar-refractivity contribution in [3.8, 4) is 5.75 Å². The van der Waals surface area contributed by atoms with Crippen LogP contribution in [0.2, 0.25) is 0 Å². The second kappa shape index (κ2) is 9.53. The molecule has 2 aromatic rings. The summed E-state index contributed by atoms with van der Waals surface area (Å²) in [5.74, 6) is 0.349. The summed E-state index contributed by atoms with van der Waals surface area (Å²) >= 11 is 0. The Morgan fingerprint density at radius 3 is 2.69 bits per heavy atom. The Kier molecular flexibility index (Phi) is 6.84. The summed E-state index contributed by atoms with van der Waals surface area (Å²) in [6.07, 6.45) is 3.09. The lowest BCUT2D eigenvalue weighted by Gasteiger charge is -2.35. The number of aromatic amines is 1. The predicted molar refractivity (Wildman–Crippen MR) is 107 cm³/mol. The number of hydrogen-bond acceptors (Lipinski definition) is 6. The molecule has 1 saturated carbocycles. The number of nitrogens with two attached hydrogens (primary N) is 1. The van der Waals surface area contributed by atoms with Crippen molar-refractivity contribution < 1.29 is 14.6 Å². The number of hydrogen-bond donors (Lipinski definition) is 4. The number of amides is 1. The number of carbonyl (C=O) groups is 1. The van der Waals surface area contributed by atoms with E-state index >= 15 is 0 Å². The van der Waals surface area contributed by atoms with Gasteiger partial charge in [0.05, 0.1) is 24.8 Å². The van der Waals surface area contributed by atoms with Crippen LogP contribution in [-0.4, -0.2) is 45.9 Å². The lowest BCUT2D eigenvalue weighted by atomic mass is 9.87. The highest BCUT2D eigenvalue weighted by atomic mass is 16.5. The zero-order valence-electron chi connectivity index (χ0n) is 16.0. The summed E-state index contributed by atoms with van der Waals surface area (Å²) in [7, 11) is 0. The molecule has 1 aliphatic rings. The number of carbonyl (C=O) groups excluding carboxylic acids is 1. The zero-order chi connectivity index (χ0) is 20.8. The second-order valence-electron chi connectivity index (χ2n) is 7.10. The molecule has 156 valence electrons. The Labute approximate surface area is 167 Å². The van der Waals surface area contributed by atoms with Crippen molar-refractivity contribution in [2.45, 2.75) is 43.9 Å². The van der Waals surface area contributed by atoms with Crippen LogP contribution in [0.5, 0.6) is 5.75 Å². The van der Waals surface area contributed by atoms with E-state index in [9.17, 15) is 19.5 Å². The van der Waals surface area contributed by atoms with E-state index in [1.807, 2.05) is 0 Å². The van der Waals surface area contributed by atoms with Gasteiger partial charge in [-0.05, 0) is 56.5 Å². The molecule has 9 nitrogen and oxygen atoms in total. The van der Waals surface area contributed by atoms with E-state index in [4.69, 9.17) is 10.5 Å². The van der Waals surface area contributed by atoms with Gasteiger partial charge in [0.2, 0.25) is 0 Å². The highest BCUT2D eigenvalue weighted by molar-refractivity contribution is 5.94. The maximum Gasteiger partial charge on any atom is 0.328 e. The number of H-pyrrole nitrogens is 1. The summed E-state index contributed by atoms with van der Waals surface area (Å²) in [5, 5.41) is 13.6. The fourth-order valence-electron chi connectivity index (χ4n) is 3.53. The van der Waals surface area contributed by atoms with Gasteiger partial charge in [0.15, 0.2) is 0 Å². The van der Waals surface area contributed by atoms with Gasteiger partial charge in [0.1, 0.15) is 5.75 Å². The van der Waals surface area contributed by atoms with Gasteiger partial charge in [-0.25, -0.2) is 4.79 Å². The summed E-state index contributed by atoms with van der Waals surface area (Å²) in [6, 6.07) is 6.97. The van der Waals surface area contributed by atoms with Gasteiger partial charge in [-0.15, -0.1) is 0 Å². The Morgan fingerprint density at radius 2 is 2.00 bits per heavy atom. The third-order valence-corrected chi connectivity index (χ3v) is 5.08. The van der Waals surface area contributed by atoms with Gasteiger partial charge in [-0.2, -0.15) is 0 Å². The Hall–Kier alpha value is -2.91. The Morgan fingerprint density at radius 1 is 1.24 bits per heavy atom. The second-order valence-corrected chi connectivity index (χ2v) is 7.10. The molecule has 1 aromatic heterocycles. The molecule has 0 bridgehead atoms. The molecule has 1 amide bonds. The van der Waals surface area contributed by atoms with Crippen LogP contribution >= 0.6 is 0 Å². The smallest absolute Gasteiger partial charge is 0.328 e. The van der Waals surface area contributed by atoms with Gasteiger partial charge in [-0.3, -0.25) is 19.1 Å². The minimum atomic E-state index is -0.949. The van der Waals surface area contributed by atoms with Crippen molar-refractivity contribution in [2.24, 2.45) is 5.73 Å². The number of aliphatic hydroxyl groups excluding tert-OH is 1. The first-order valence-electron chi connectivity index (χ1n) is 9.73. The van der Waals surface area contributed by atoms with Crippen molar-refractivity contribution in [3.05, 3.63) is 62.9 Å². The van der Waals surface area contributed by atoms with Gasteiger partial charge in [-0.1, -0.05) is 0 Å². The molecule has 0 radical (unpaired) electrons. The summed E-state index contributed by atoms with van der Waals surface area (Å²) in [6.45, 7) is 1.07. The SMILES string of the molecule is NCCCOc1ccc(C(=O)N[C@H]2CCC[C@H](n3ccc(=O)[nH]c3=O)[C@H]2O)cc1. The molecule has 0 spiro atoms. The highest BCUT2D eigenvalue weighted by Gasteiger charge is 2.34. The third kappa shape index (κ3) is 5.12. The van der Waals surface area contributed by atoms with Crippen LogP contribution in [0.1, 0.15) is 42.1 Å². The molecule has 3 atom stereocenters. The lowest BCUT2D eigenvalue weighted by Crippen LogP contribution is -2.51. The van der Waals surface area contributed by atoms with E-state index in [0.29, 0.717) is 37.3 Å². The highest BCUT2D eigenvalue weighted by Crippen LogP contribution is 2.28. The van der Waals surface area contributed by atoms with Crippen LogP contribution in [-0.2, 0) is 0 Å². The van der Waals surface area contributed by atoms with Crippen LogP contribution in [0.15, 0.2) is 46.1 Å². The maximum absolute atomic E-state index is 12.6. The topological polar surface area (TPSA) is 139 Å². The van der Waals surface area contributed by atoms with Crippen molar-refractivity contribution in [2.75, 3.05) is 13.2 Å². The number of ether oxygens (including phenoxy) is 1. The fraction of sp³-hybridized carbons (Fsp3) is 0.450. The molecule has 1 aliphatic carbocycles. The lowest BCUT2D eigenvalue weighted by molar-refractivity contribution is 0.0382. The van der Waals surface area contributed by atoms with E-state index < -0.39 is 29.4 Å². The number of benzene rings is 1. The van der Waals surface area contributed by atoms with Crippen LogP contribution in [0.4, 0.5) is 0 Å². The largest absolute Gasteiger partial charge is 0.494 e. The summed E-state index contributed by atoms with van der Waals surface area (Å²) < 4.78 is 6.84. The van der Waals surface area contributed by atoms with Crippen LogP contribution < -0.4 is 27.0 Å². The van der Waals surface area contributed by atoms with Crippen molar-refractivity contribution in [3.63, 3.8) is 0 Å². The molecule has 9 heteroatoms. The van der Waals surface area contributed by atoms with Crippen molar-refractivity contribution in [1.82, 2.24) is 14.9 Å². The van der Waals surface area contributed by atoms with Gasteiger partial charge >= 0.3 is 5.69 Å². The van der Waals surface area contributed by atoms with Crippen molar-refractivity contribution in [1.29, 1.82) is 0 Å². The van der Waals surface area contributed by atoms with Crippen LogP contribution in [0, 0.1) is 0 Å². The number of nitrogens with zero attached hydrogens (tertiary/aromatic N) is 1. The molecular formula is C20H26N4O5. The zero-order valence-corrected chi connectivity index (χ0v) is 16.0. The van der Waals surface area contributed by atoms with Crippen LogP contribution in [0.25, 0.3) is 0 Å². The standard InChI is InChI=1S/C20H26N4O5/c21-10-2-12-29-14-7-5-13(6-8-14)19(27)22-15-3-1-4-16(18(15)26)24-11-9-17(25)23-20(24)28/h5-9,11,15-16,18,26H,1-4,10,12,21H2,(H,22,27)(H,23,25,28)/t15-,16-,18-/m0/s1. The summed E-state index contributed by atoms with van der Waals surface area (Å²) in [5.41, 5.74) is 4.82. The van der Waals surface area contributed by atoms with Crippen LogP contribution in [0.3, 0.4) is 0 Å². The Bertz CT molecular complexity index is 937. The average Bonchev–Trinajstić information content (AvgIpc) is 2.71. The number of rotatable bonds is 7. The molecule has 1 aromatic carbocycles. The molecule has 5 N–H and O–H groups in total. The molecule has 0 aliphatic heterocycles. The first-order chi connectivity index (χ1) is 14.0. The van der Waals surface area contributed by atoms with E-state index in [2.05, 4.69) is 10.3 Å². The molecule has 3 rings (SSSR count). The van der Waals surface area contributed by atoms with Gasteiger partial charge < -0.3 is 20.9 Å². The third-order valence-electron chi connectivity index (χ3n) is 5.08. The quantitative estimate of drug-likeness (QED) is 0.486. The molecule has 1 heterocycles. The molecular weight excluding hydrogens is 376 g/mol. The minimum Gasteiger partial charge on any atom is -0.494 e. The number of aromatic nitrogens is 2. The molecule has 0 unspecified atom stereocenters. The van der Waals surface area contributed by atoms with Gasteiger partial charge in [0, 0.05) is 17.8 Å². The molecule has 0 saturated heterocycles. The number of aliphatic hydroxyl groups is 1. The summed E-state index contributed by atoms with van der Waals surface area (Å²) in [4.78, 5) is 38.1. The molecule has 1 fully saturated rings. The minimum absolute atomic E-state index is 0.308. The maximum atomic E-state index is 12.6. The van der Waals surface area contributed by atoms with E-state index in [0.717, 1.165) is 12.8 Å². The Balaban J connectivity index is 1.65. The average molecular weight is 402 g/mol. The van der Waals surface area contributed by atoms with Crippen molar-refractivity contribution >= 4 is 5.91 Å². The monoisotopic (exact) mass is 402 g/mol.